The summed E-state index contributed by atoms with van der Waals surface area (Å²) in [6, 6.07) is 20.4. The molecule has 0 radical (unpaired) electrons. The molecule has 0 bridgehead atoms. The number of benzene rings is 2. The predicted molar refractivity (Wildman–Crippen MR) is 113 cm³/mol. The van der Waals surface area contributed by atoms with Gasteiger partial charge in [0.2, 0.25) is 0 Å². The average Bonchev–Trinajstić information content (AvgIpc) is 3.09. The fourth-order valence-electron chi connectivity index (χ4n) is 3.12. The van der Waals surface area contributed by atoms with Crippen LogP contribution in [0.4, 0.5) is 5.82 Å². The van der Waals surface area contributed by atoms with Crippen molar-refractivity contribution in [2.45, 2.75) is 13.3 Å². The van der Waals surface area contributed by atoms with Crippen LogP contribution in [0.1, 0.15) is 10.4 Å². The van der Waals surface area contributed by atoms with Gasteiger partial charge in [0, 0.05) is 17.0 Å². The molecule has 1 N–H and O–H groups in total. The molecule has 4 rings (SSSR count). The van der Waals surface area contributed by atoms with E-state index in [1.807, 2.05) is 48.5 Å². The minimum atomic E-state index is 0.754. The fourth-order valence-corrected chi connectivity index (χ4v) is 4.00. The van der Waals surface area contributed by atoms with Crippen LogP contribution in [0.2, 0.25) is 0 Å². The molecule has 4 nitrogen and oxygen atoms in total. The van der Waals surface area contributed by atoms with Crippen LogP contribution in [0.5, 0.6) is 5.75 Å². The third kappa shape index (κ3) is 3.78. The maximum atomic E-state index is 5.45. The van der Waals surface area contributed by atoms with E-state index in [0.717, 1.165) is 46.1 Å². The highest BCUT2D eigenvalue weighted by Crippen LogP contribution is 2.31. The van der Waals surface area contributed by atoms with Crippen molar-refractivity contribution >= 4 is 27.4 Å². The summed E-state index contributed by atoms with van der Waals surface area (Å²) in [6.07, 6.45) is 0.860. The van der Waals surface area contributed by atoms with Crippen molar-refractivity contribution in [2.24, 2.45) is 0 Å². The zero-order chi connectivity index (χ0) is 18.6. The van der Waals surface area contributed by atoms with Gasteiger partial charge in [-0.3, -0.25) is 0 Å². The predicted octanol–water partition coefficient (Wildman–Crippen LogP) is 5.33. The Morgan fingerprint density at radius 3 is 2.59 bits per heavy atom. The molecule has 136 valence electrons. The van der Waals surface area contributed by atoms with Gasteiger partial charge in [0.15, 0.2) is 5.82 Å². The van der Waals surface area contributed by atoms with Crippen molar-refractivity contribution in [3.8, 4) is 17.1 Å². The first kappa shape index (κ1) is 17.5. The van der Waals surface area contributed by atoms with Crippen molar-refractivity contribution in [1.82, 2.24) is 9.97 Å². The van der Waals surface area contributed by atoms with Crippen LogP contribution < -0.4 is 10.1 Å². The number of aromatic nitrogens is 2. The van der Waals surface area contributed by atoms with Gasteiger partial charge in [-0.15, -0.1) is 11.3 Å². The molecule has 0 aliphatic heterocycles. The minimum absolute atomic E-state index is 0.754. The van der Waals surface area contributed by atoms with Crippen LogP contribution in [-0.2, 0) is 6.42 Å². The van der Waals surface area contributed by atoms with Gasteiger partial charge in [0.1, 0.15) is 16.4 Å². The van der Waals surface area contributed by atoms with Crippen LogP contribution in [0.25, 0.3) is 21.6 Å². The molecule has 2 aromatic heterocycles. The SMILES string of the molecule is COc1ccccc1CCNc1nc(-c2ccccc2)nc2sc(C)cc12. The number of aryl methyl sites for hydroxylation is 1. The molecule has 5 heteroatoms. The lowest BCUT2D eigenvalue weighted by atomic mass is 10.1. The Hall–Kier alpha value is -2.92. The number of hydrogen-bond acceptors (Lipinski definition) is 5. The lowest BCUT2D eigenvalue weighted by molar-refractivity contribution is 0.410. The summed E-state index contributed by atoms with van der Waals surface area (Å²) in [5.74, 6) is 2.56. The van der Waals surface area contributed by atoms with Crippen LogP contribution in [0.15, 0.2) is 60.7 Å². The Balaban J connectivity index is 1.62. The van der Waals surface area contributed by atoms with Gasteiger partial charge in [0.05, 0.1) is 12.5 Å². The standard InChI is InChI=1S/C22H21N3OS/c1-15-14-18-21(23-13-12-16-8-6-7-11-19(16)26-2)24-20(25-22(18)27-15)17-9-4-3-5-10-17/h3-11,14H,12-13H2,1-2H3,(H,23,24,25). The second kappa shape index (κ2) is 7.76. The van der Waals surface area contributed by atoms with Crippen LogP contribution in [0, 0.1) is 6.92 Å². The molecular weight excluding hydrogens is 354 g/mol. The normalized spacial score (nSPS) is 10.9. The van der Waals surface area contributed by atoms with Crippen molar-refractivity contribution < 1.29 is 4.74 Å². The number of ether oxygens (including phenoxy) is 1. The number of methoxy groups -OCH3 is 1. The fraction of sp³-hybridized carbons (Fsp3) is 0.182. The molecular formula is C22H21N3OS. The zero-order valence-electron chi connectivity index (χ0n) is 15.4. The molecule has 2 heterocycles. The largest absolute Gasteiger partial charge is 0.496 e. The van der Waals surface area contributed by atoms with Crippen LogP contribution in [-0.4, -0.2) is 23.6 Å². The zero-order valence-corrected chi connectivity index (χ0v) is 16.2. The third-order valence-electron chi connectivity index (χ3n) is 4.43. The number of rotatable bonds is 6. The minimum Gasteiger partial charge on any atom is -0.496 e. The van der Waals surface area contributed by atoms with Gasteiger partial charge in [-0.2, -0.15) is 0 Å². The highest BCUT2D eigenvalue weighted by atomic mass is 32.1. The molecule has 0 saturated carbocycles. The smallest absolute Gasteiger partial charge is 0.163 e. The molecule has 4 aromatic rings. The second-order valence-electron chi connectivity index (χ2n) is 6.33. The van der Waals surface area contributed by atoms with Crippen molar-refractivity contribution in [2.75, 3.05) is 19.0 Å². The van der Waals surface area contributed by atoms with E-state index in [1.54, 1.807) is 18.4 Å². The first-order valence-corrected chi connectivity index (χ1v) is 9.75. The quantitative estimate of drug-likeness (QED) is 0.495. The molecule has 0 unspecified atom stereocenters. The van der Waals surface area contributed by atoms with E-state index in [0.29, 0.717) is 0 Å². The van der Waals surface area contributed by atoms with Gasteiger partial charge in [-0.1, -0.05) is 48.5 Å². The summed E-state index contributed by atoms with van der Waals surface area (Å²) in [5, 5.41) is 4.59. The van der Waals surface area contributed by atoms with E-state index in [9.17, 15) is 0 Å². The van der Waals surface area contributed by atoms with Crippen molar-refractivity contribution in [3.63, 3.8) is 0 Å². The maximum absolute atomic E-state index is 5.45. The molecule has 0 spiro atoms. The van der Waals surface area contributed by atoms with Crippen molar-refractivity contribution in [3.05, 3.63) is 71.1 Å². The molecule has 0 aliphatic carbocycles. The van der Waals surface area contributed by atoms with E-state index in [4.69, 9.17) is 14.7 Å². The average molecular weight is 375 g/mol. The van der Waals surface area contributed by atoms with Crippen molar-refractivity contribution in [1.29, 1.82) is 0 Å². The highest BCUT2D eigenvalue weighted by Gasteiger charge is 2.12. The summed E-state index contributed by atoms with van der Waals surface area (Å²) in [7, 11) is 1.71. The molecule has 2 aromatic carbocycles. The van der Waals surface area contributed by atoms with Crippen LogP contribution >= 0.6 is 11.3 Å². The van der Waals surface area contributed by atoms with Gasteiger partial charge in [-0.05, 0) is 31.0 Å². The molecule has 0 saturated heterocycles. The number of fused-ring (bicyclic) bond motifs is 1. The van der Waals surface area contributed by atoms with E-state index in [1.165, 1.54) is 10.4 Å². The first-order chi connectivity index (χ1) is 13.2. The van der Waals surface area contributed by atoms with Gasteiger partial charge >= 0.3 is 0 Å². The number of nitrogens with zero attached hydrogens (tertiary/aromatic N) is 2. The Kier molecular flexibility index (Phi) is 5.03. The summed E-state index contributed by atoms with van der Waals surface area (Å²) in [6.45, 7) is 2.88. The monoisotopic (exact) mass is 375 g/mol. The Labute approximate surface area is 162 Å². The second-order valence-corrected chi connectivity index (χ2v) is 7.56. The first-order valence-electron chi connectivity index (χ1n) is 8.94. The topological polar surface area (TPSA) is 47.0 Å². The lowest BCUT2D eigenvalue weighted by Crippen LogP contribution is -2.08. The summed E-state index contributed by atoms with van der Waals surface area (Å²) in [4.78, 5) is 11.8. The lowest BCUT2D eigenvalue weighted by Gasteiger charge is -2.11. The van der Waals surface area contributed by atoms with E-state index >= 15 is 0 Å². The van der Waals surface area contributed by atoms with E-state index in [-0.39, 0.29) is 0 Å². The Morgan fingerprint density at radius 2 is 1.78 bits per heavy atom. The van der Waals surface area contributed by atoms with E-state index in [2.05, 4.69) is 24.4 Å². The van der Waals surface area contributed by atoms with Gasteiger partial charge in [-0.25, -0.2) is 9.97 Å². The Morgan fingerprint density at radius 1 is 1.00 bits per heavy atom. The number of nitrogens with one attached hydrogen (secondary N) is 1. The summed E-state index contributed by atoms with van der Waals surface area (Å²) in [5.41, 5.74) is 2.21. The summed E-state index contributed by atoms with van der Waals surface area (Å²) < 4.78 is 5.45. The molecule has 27 heavy (non-hydrogen) atoms. The number of para-hydroxylation sites is 1. The summed E-state index contributed by atoms with van der Waals surface area (Å²) >= 11 is 1.70. The van der Waals surface area contributed by atoms with Crippen LogP contribution in [0.3, 0.4) is 0 Å². The molecule has 0 atom stereocenters. The molecule has 0 aliphatic rings. The van der Waals surface area contributed by atoms with E-state index < -0.39 is 0 Å². The maximum Gasteiger partial charge on any atom is 0.163 e. The number of hydrogen-bond donors (Lipinski definition) is 1. The number of anilines is 1. The van der Waals surface area contributed by atoms with Gasteiger partial charge < -0.3 is 10.1 Å². The molecule has 0 amide bonds. The third-order valence-corrected chi connectivity index (χ3v) is 5.37. The Bertz CT molecular complexity index is 1060. The number of thiophene rings is 1. The van der Waals surface area contributed by atoms with Gasteiger partial charge in [0.25, 0.3) is 0 Å². The molecule has 0 fully saturated rings. The highest BCUT2D eigenvalue weighted by molar-refractivity contribution is 7.18.